The summed E-state index contributed by atoms with van der Waals surface area (Å²) >= 11 is 12.1. The third-order valence-electron chi connectivity index (χ3n) is 4.32. The highest BCUT2D eigenvalue weighted by atomic mass is 35.5. The maximum Gasteiger partial charge on any atom is 0.241 e. The molecule has 1 fully saturated rings. The first-order chi connectivity index (χ1) is 12.1. The van der Waals surface area contributed by atoms with Crippen molar-refractivity contribution >= 4 is 34.8 Å². The lowest BCUT2D eigenvalue weighted by Crippen LogP contribution is -2.39. The highest BCUT2D eigenvalue weighted by Gasteiger charge is 2.30. The van der Waals surface area contributed by atoms with Crippen LogP contribution in [-0.2, 0) is 11.3 Å². The number of hydrogen-bond donors (Lipinski definition) is 1. The zero-order valence-electron chi connectivity index (χ0n) is 13.5. The number of amides is 1. The lowest BCUT2D eigenvalue weighted by Gasteiger charge is -2.24. The van der Waals surface area contributed by atoms with Crippen LogP contribution in [0.15, 0.2) is 42.5 Å². The summed E-state index contributed by atoms with van der Waals surface area (Å²) in [5.41, 5.74) is 2.25. The smallest absolute Gasteiger partial charge is 0.241 e. The summed E-state index contributed by atoms with van der Waals surface area (Å²) in [5.74, 6) is -0.0738. The number of likely N-dealkylation sites (tertiary alicyclic amines) is 1. The summed E-state index contributed by atoms with van der Waals surface area (Å²) in [6, 6.07) is 14.4. The Morgan fingerprint density at radius 2 is 2.00 bits per heavy atom. The molecule has 3 rings (SSSR count). The Hall–Kier alpha value is -2.06. The molecule has 128 valence electrons. The Bertz CT molecular complexity index is 814. The SMILES string of the molecule is N#Cc1ccc(CN2CCC[C@@H]2C(=O)Nc2cc(Cl)ccc2Cl)cc1. The van der Waals surface area contributed by atoms with Gasteiger partial charge in [-0.05, 0) is 55.3 Å². The van der Waals surface area contributed by atoms with Crippen LogP contribution in [0.25, 0.3) is 0 Å². The van der Waals surface area contributed by atoms with Gasteiger partial charge in [0.15, 0.2) is 0 Å². The molecule has 2 aromatic rings. The second-order valence-corrected chi connectivity index (χ2v) is 6.89. The van der Waals surface area contributed by atoms with Crippen molar-refractivity contribution in [3.8, 4) is 6.07 Å². The molecule has 0 aliphatic carbocycles. The summed E-state index contributed by atoms with van der Waals surface area (Å²) in [6.07, 6.45) is 1.78. The number of halogens is 2. The maximum absolute atomic E-state index is 12.7. The number of nitriles is 1. The number of carbonyl (C=O) groups excluding carboxylic acids is 1. The highest BCUT2D eigenvalue weighted by Crippen LogP contribution is 2.27. The normalized spacial score (nSPS) is 17.2. The molecule has 1 amide bonds. The lowest BCUT2D eigenvalue weighted by atomic mass is 10.1. The fraction of sp³-hybridized carbons (Fsp3) is 0.263. The molecule has 0 aromatic heterocycles. The molecule has 25 heavy (non-hydrogen) atoms. The highest BCUT2D eigenvalue weighted by molar-refractivity contribution is 6.35. The number of hydrogen-bond acceptors (Lipinski definition) is 3. The van der Waals surface area contributed by atoms with Crippen LogP contribution in [0, 0.1) is 11.3 Å². The van der Waals surface area contributed by atoms with Gasteiger partial charge >= 0.3 is 0 Å². The number of nitrogens with one attached hydrogen (secondary N) is 1. The van der Waals surface area contributed by atoms with Crippen LogP contribution in [0.2, 0.25) is 10.0 Å². The van der Waals surface area contributed by atoms with E-state index in [1.165, 1.54) is 0 Å². The van der Waals surface area contributed by atoms with E-state index in [0.717, 1.165) is 24.9 Å². The van der Waals surface area contributed by atoms with E-state index in [9.17, 15) is 4.79 Å². The predicted octanol–water partition coefficient (Wildman–Crippen LogP) is 4.47. The first-order valence-electron chi connectivity index (χ1n) is 8.06. The summed E-state index contributed by atoms with van der Waals surface area (Å²) in [5, 5.41) is 12.8. The van der Waals surface area contributed by atoms with Gasteiger partial charge in [0.25, 0.3) is 0 Å². The van der Waals surface area contributed by atoms with Crippen molar-refractivity contribution in [2.75, 3.05) is 11.9 Å². The molecule has 1 saturated heterocycles. The van der Waals surface area contributed by atoms with Crippen LogP contribution in [0.3, 0.4) is 0 Å². The molecule has 0 radical (unpaired) electrons. The van der Waals surface area contributed by atoms with Gasteiger partial charge in [0.2, 0.25) is 5.91 Å². The van der Waals surface area contributed by atoms with Crippen molar-refractivity contribution in [2.24, 2.45) is 0 Å². The van der Waals surface area contributed by atoms with Crippen molar-refractivity contribution in [3.63, 3.8) is 0 Å². The van der Waals surface area contributed by atoms with Crippen molar-refractivity contribution in [3.05, 3.63) is 63.6 Å². The Morgan fingerprint density at radius 1 is 1.24 bits per heavy atom. The molecular formula is C19H17Cl2N3O. The topological polar surface area (TPSA) is 56.1 Å². The van der Waals surface area contributed by atoms with E-state index < -0.39 is 0 Å². The van der Waals surface area contributed by atoms with E-state index in [2.05, 4.69) is 16.3 Å². The second kappa shape index (κ2) is 7.88. The molecule has 0 spiro atoms. The van der Waals surface area contributed by atoms with E-state index >= 15 is 0 Å². The standard InChI is InChI=1S/C19H17Cl2N3O/c20-15-7-8-16(21)17(10-15)23-19(25)18-2-1-9-24(18)12-14-5-3-13(11-22)4-6-14/h3-8,10,18H,1-2,9,12H2,(H,23,25)/t18-/m1/s1. The lowest BCUT2D eigenvalue weighted by molar-refractivity contribution is -0.120. The zero-order valence-corrected chi connectivity index (χ0v) is 15.0. The van der Waals surface area contributed by atoms with Gasteiger partial charge in [0.1, 0.15) is 0 Å². The molecule has 6 heteroatoms. The van der Waals surface area contributed by atoms with Crippen LogP contribution in [0.5, 0.6) is 0 Å². The van der Waals surface area contributed by atoms with Crippen molar-refractivity contribution in [2.45, 2.75) is 25.4 Å². The van der Waals surface area contributed by atoms with Gasteiger partial charge in [-0.1, -0.05) is 35.3 Å². The molecule has 1 aliphatic heterocycles. The van der Waals surface area contributed by atoms with Crippen LogP contribution in [0.4, 0.5) is 5.69 Å². The van der Waals surface area contributed by atoms with E-state index in [0.29, 0.717) is 27.8 Å². The van der Waals surface area contributed by atoms with E-state index in [1.807, 2.05) is 12.1 Å². The molecule has 1 aliphatic rings. The first-order valence-corrected chi connectivity index (χ1v) is 8.81. The average Bonchev–Trinajstić information content (AvgIpc) is 3.07. The molecular weight excluding hydrogens is 357 g/mol. The molecule has 4 nitrogen and oxygen atoms in total. The molecule has 1 N–H and O–H groups in total. The minimum atomic E-state index is -0.203. The first kappa shape index (κ1) is 17.8. The zero-order chi connectivity index (χ0) is 17.8. The maximum atomic E-state index is 12.7. The van der Waals surface area contributed by atoms with Gasteiger partial charge < -0.3 is 5.32 Å². The molecule has 1 heterocycles. The van der Waals surface area contributed by atoms with E-state index in [4.69, 9.17) is 28.5 Å². The van der Waals surface area contributed by atoms with Crippen LogP contribution < -0.4 is 5.32 Å². The number of anilines is 1. The minimum absolute atomic E-state index is 0.0738. The molecule has 0 saturated carbocycles. The van der Waals surface area contributed by atoms with Crippen molar-refractivity contribution in [1.29, 1.82) is 5.26 Å². The predicted molar refractivity (Wildman–Crippen MR) is 99.7 cm³/mol. The van der Waals surface area contributed by atoms with Gasteiger partial charge in [-0.2, -0.15) is 5.26 Å². The molecule has 0 unspecified atom stereocenters. The molecule has 2 aromatic carbocycles. The van der Waals surface area contributed by atoms with Gasteiger partial charge in [0, 0.05) is 11.6 Å². The van der Waals surface area contributed by atoms with Gasteiger partial charge in [0.05, 0.1) is 28.4 Å². The van der Waals surface area contributed by atoms with Crippen molar-refractivity contribution < 1.29 is 4.79 Å². The van der Waals surface area contributed by atoms with E-state index in [-0.39, 0.29) is 11.9 Å². The van der Waals surface area contributed by atoms with Gasteiger partial charge in [-0.15, -0.1) is 0 Å². The largest absolute Gasteiger partial charge is 0.323 e. The third kappa shape index (κ3) is 4.32. The summed E-state index contributed by atoms with van der Waals surface area (Å²) in [7, 11) is 0. The number of benzene rings is 2. The average molecular weight is 374 g/mol. The Balaban J connectivity index is 1.69. The number of carbonyl (C=O) groups is 1. The monoisotopic (exact) mass is 373 g/mol. The molecule has 1 atom stereocenters. The van der Waals surface area contributed by atoms with E-state index in [1.54, 1.807) is 30.3 Å². The summed E-state index contributed by atoms with van der Waals surface area (Å²) in [4.78, 5) is 14.8. The molecule has 0 bridgehead atoms. The summed E-state index contributed by atoms with van der Waals surface area (Å²) in [6.45, 7) is 1.54. The van der Waals surface area contributed by atoms with Crippen molar-refractivity contribution in [1.82, 2.24) is 4.90 Å². The second-order valence-electron chi connectivity index (χ2n) is 6.05. The Morgan fingerprint density at radius 3 is 2.72 bits per heavy atom. The van der Waals surface area contributed by atoms with Gasteiger partial charge in [-0.3, -0.25) is 9.69 Å². The van der Waals surface area contributed by atoms with Gasteiger partial charge in [-0.25, -0.2) is 0 Å². The number of nitrogens with zero attached hydrogens (tertiary/aromatic N) is 2. The van der Waals surface area contributed by atoms with Crippen LogP contribution >= 0.6 is 23.2 Å². The van der Waals surface area contributed by atoms with Crippen LogP contribution in [-0.4, -0.2) is 23.4 Å². The number of rotatable bonds is 4. The fourth-order valence-corrected chi connectivity index (χ4v) is 3.38. The Kier molecular flexibility index (Phi) is 5.60. The minimum Gasteiger partial charge on any atom is -0.323 e. The fourth-order valence-electron chi connectivity index (χ4n) is 3.04. The quantitative estimate of drug-likeness (QED) is 0.859. The third-order valence-corrected chi connectivity index (χ3v) is 4.89. The Labute approximate surface area is 157 Å². The summed E-state index contributed by atoms with van der Waals surface area (Å²) < 4.78 is 0. The van der Waals surface area contributed by atoms with Crippen LogP contribution in [0.1, 0.15) is 24.0 Å².